The van der Waals surface area contributed by atoms with Crippen LogP contribution in [0.15, 0.2) is 29.2 Å². The van der Waals surface area contributed by atoms with Gasteiger partial charge in [-0.1, -0.05) is 6.92 Å². The van der Waals surface area contributed by atoms with Gasteiger partial charge in [0.25, 0.3) is 0 Å². The van der Waals surface area contributed by atoms with Crippen LogP contribution in [0.2, 0.25) is 0 Å². The van der Waals surface area contributed by atoms with E-state index in [0.717, 1.165) is 0 Å². The van der Waals surface area contributed by atoms with E-state index < -0.39 is 5.51 Å². The molecule has 0 fully saturated rings. The van der Waals surface area contributed by atoms with Crippen molar-refractivity contribution in [1.82, 2.24) is 0 Å². The number of nitrogens with one attached hydrogen (secondary N) is 1. The smallest absolute Gasteiger partial charge is 0.327 e. The molecule has 1 aromatic carbocycles. The first-order valence-corrected chi connectivity index (χ1v) is 6.43. The summed E-state index contributed by atoms with van der Waals surface area (Å²) in [5.74, 6) is -0.629. The number of hydrogen-bond acceptors (Lipinski definition) is 3. The molecule has 0 spiro atoms. The zero-order valence-electron chi connectivity index (χ0n) is 10.5. The van der Waals surface area contributed by atoms with Crippen molar-refractivity contribution in [3.8, 4) is 0 Å². The summed E-state index contributed by atoms with van der Waals surface area (Å²) >= 11 is -0.193. The summed E-state index contributed by atoms with van der Waals surface area (Å²) in [4.78, 5) is 11.8. The number of carbonyl (C=O) groups excluding carboxylic acids is 1. The molecule has 1 rings (SSSR count). The van der Waals surface area contributed by atoms with Crippen LogP contribution in [0.5, 0.6) is 0 Å². The van der Waals surface area contributed by atoms with Gasteiger partial charge in [0.1, 0.15) is 0 Å². The number of carbonyl (C=O) groups is 1. The van der Waals surface area contributed by atoms with Crippen LogP contribution in [-0.4, -0.2) is 17.5 Å². The van der Waals surface area contributed by atoms with Crippen LogP contribution in [0.4, 0.5) is 18.9 Å². The summed E-state index contributed by atoms with van der Waals surface area (Å²) in [6, 6.07) is 5.19. The minimum absolute atomic E-state index is 0.0748. The lowest BCUT2D eigenvalue weighted by molar-refractivity contribution is -0.119. The van der Waals surface area contributed by atoms with Crippen molar-refractivity contribution >= 4 is 23.4 Å². The van der Waals surface area contributed by atoms with E-state index in [9.17, 15) is 18.0 Å². The van der Waals surface area contributed by atoms with Crippen molar-refractivity contribution in [2.45, 2.75) is 30.3 Å². The summed E-state index contributed by atoms with van der Waals surface area (Å²) in [7, 11) is 0. The van der Waals surface area contributed by atoms with E-state index >= 15 is 0 Å². The lowest BCUT2D eigenvalue weighted by Crippen LogP contribution is -2.34. The number of nitrogens with two attached hydrogens (primary N) is 1. The van der Waals surface area contributed by atoms with Gasteiger partial charge in [0.05, 0.1) is 5.92 Å². The molecule has 0 aliphatic heterocycles. The molecule has 106 valence electrons. The molecule has 2 unspecified atom stereocenters. The number of benzene rings is 1. The highest BCUT2D eigenvalue weighted by atomic mass is 32.2. The lowest BCUT2D eigenvalue weighted by Gasteiger charge is -2.15. The van der Waals surface area contributed by atoms with Crippen molar-refractivity contribution in [1.29, 1.82) is 0 Å². The molecule has 0 saturated heterocycles. The molecule has 0 heterocycles. The van der Waals surface area contributed by atoms with Crippen molar-refractivity contribution in [3.63, 3.8) is 0 Å². The normalized spacial score (nSPS) is 14.8. The van der Waals surface area contributed by atoms with Crippen LogP contribution in [-0.2, 0) is 4.79 Å². The van der Waals surface area contributed by atoms with E-state index in [1.807, 2.05) is 0 Å². The molecule has 19 heavy (non-hydrogen) atoms. The van der Waals surface area contributed by atoms with Gasteiger partial charge in [-0.15, -0.1) is 0 Å². The van der Waals surface area contributed by atoms with Gasteiger partial charge < -0.3 is 11.1 Å². The molecule has 0 radical (unpaired) electrons. The fourth-order valence-corrected chi connectivity index (χ4v) is 1.77. The van der Waals surface area contributed by atoms with Crippen LogP contribution in [0.1, 0.15) is 13.8 Å². The molecule has 3 nitrogen and oxygen atoms in total. The van der Waals surface area contributed by atoms with Gasteiger partial charge in [-0.25, -0.2) is 0 Å². The summed E-state index contributed by atoms with van der Waals surface area (Å²) in [6.07, 6.45) is 0. The molecule has 7 heteroatoms. The number of hydrogen-bond donors (Lipinski definition) is 2. The summed E-state index contributed by atoms with van der Waals surface area (Å²) in [5.41, 5.74) is 1.73. The summed E-state index contributed by atoms with van der Waals surface area (Å²) in [6.45, 7) is 3.40. The van der Waals surface area contributed by atoms with Gasteiger partial charge in [0, 0.05) is 16.6 Å². The second-order valence-corrected chi connectivity index (χ2v) is 5.35. The minimum Gasteiger partial charge on any atom is -0.327 e. The largest absolute Gasteiger partial charge is 0.446 e. The van der Waals surface area contributed by atoms with Crippen LogP contribution < -0.4 is 11.1 Å². The third kappa shape index (κ3) is 5.52. The molecule has 1 aromatic rings. The summed E-state index contributed by atoms with van der Waals surface area (Å²) in [5, 5.41) is 2.60. The Balaban J connectivity index is 2.65. The van der Waals surface area contributed by atoms with Crippen LogP contribution in [0.25, 0.3) is 0 Å². The van der Waals surface area contributed by atoms with Crippen LogP contribution >= 0.6 is 11.8 Å². The SMILES string of the molecule is CC(N)C(C)C(=O)Nc1ccc(SC(F)(F)F)cc1. The molecule has 0 saturated carbocycles. The average molecular weight is 292 g/mol. The van der Waals surface area contributed by atoms with Crippen LogP contribution in [0.3, 0.4) is 0 Å². The number of halogens is 3. The van der Waals surface area contributed by atoms with Crippen molar-refractivity contribution in [2.24, 2.45) is 11.7 Å². The predicted molar refractivity (Wildman–Crippen MR) is 69.8 cm³/mol. The predicted octanol–water partition coefficient (Wildman–Crippen LogP) is 3.22. The molecule has 2 atom stereocenters. The fraction of sp³-hybridized carbons (Fsp3) is 0.417. The Hall–Kier alpha value is -1.21. The minimum atomic E-state index is -4.31. The van der Waals surface area contributed by atoms with E-state index in [0.29, 0.717) is 5.69 Å². The van der Waals surface area contributed by atoms with E-state index in [2.05, 4.69) is 5.32 Å². The third-order valence-corrected chi connectivity index (χ3v) is 3.30. The average Bonchev–Trinajstić information content (AvgIpc) is 2.28. The number of amides is 1. The van der Waals surface area contributed by atoms with Crippen molar-refractivity contribution in [3.05, 3.63) is 24.3 Å². The number of alkyl halides is 3. The highest BCUT2D eigenvalue weighted by molar-refractivity contribution is 8.00. The van der Waals surface area contributed by atoms with Gasteiger partial charge in [-0.3, -0.25) is 4.79 Å². The Morgan fingerprint density at radius 3 is 2.21 bits per heavy atom. The Labute approximate surface area is 113 Å². The molecule has 3 N–H and O–H groups in total. The van der Waals surface area contributed by atoms with Crippen molar-refractivity contribution < 1.29 is 18.0 Å². The maximum atomic E-state index is 12.1. The van der Waals surface area contributed by atoms with Gasteiger partial charge in [-0.2, -0.15) is 13.2 Å². The van der Waals surface area contributed by atoms with Gasteiger partial charge in [0.15, 0.2) is 0 Å². The van der Waals surface area contributed by atoms with Gasteiger partial charge >= 0.3 is 5.51 Å². The zero-order valence-corrected chi connectivity index (χ0v) is 11.3. The lowest BCUT2D eigenvalue weighted by atomic mass is 10.0. The van der Waals surface area contributed by atoms with E-state index in [-0.39, 0.29) is 34.5 Å². The topological polar surface area (TPSA) is 55.1 Å². The van der Waals surface area contributed by atoms with Gasteiger partial charge in [0.2, 0.25) is 5.91 Å². The van der Waals surface area contributed by atoms with Gasteiger partial charge in [-0.05, 0) is 43.0 Å². The standard InChI is InChI=1S/C12H15F3N2OS/c1-7(8(2)16)11(18)17-9-3-5-10(6-4-9)19-12(13,14)15/h3-8H,16H2,1-2H3,(H,17,18). The quantitative estimate of drug-likeness (QED) is 0.838. The third-order valence-electron chi connectivity index (χ3n) is 2.56. The molecule has 0 aromatic heterocycles. The monoisotopic (exact) mass is 292 g/mol. The highest BCUT2D eigenvalue weighted by Crippen LogP contribution is 2.37. The first kappa shape index (κ1) is 15.8. The van der Waals surface area contributed by atoms with Crippen molar-refractivity contribution in [2.75, 3.05) is 5.32 Å². The maximum absolute atomic E-state index is 12.1. The van der Waals surface area contributed by atoms with Crippen LogP contribution in [0, 0.1) is 5.92 Å². The Morgan fingerprint density at radius 2 is 1.79 bits per heavy atom. The van der Waals surface area contributed by atoms with E-state index in [1.165, 1.54) is 24.3 Å². The molecule has 0 aliphatic rings. The second kappa shape index (κ2) is 6.29. The Kier molecular flexibility index (Phi) is 5.25. The maximum Gasteiger partial charge on any atom is 0.446 e. The van der Waals surface area contributed by atoms with E-state index in [4.69, 9.17) is 5.73 Å². The van der Waals surface area contributed by atoms with E-state index in [1.54, 1.807) is 13.8 Å². The first-order valence-electron chi connectivity index (χ1n) is 5.61. The first-order chi connectivity index (χ1) is 8.69. The second-order valence-electron chi connectivity index (χ2n) is 4.21. The molecule has 1 amide bonds. The zero-order chi connectivity index (χ0) is 14.6. The summed E-state index contributed by atoms with van der Waals surface area (Å²) < 4.78 is 36.4. The molecule has 0 aliphatic carbocycles. The molecule has 0 bridgehead atoms. The number of thioether (sulfide) groups is 1. The molecular weight excluding hydrogens is 277 g/mol. The Morgan fingerprint density at radius 1 is 1.26 bits per heavy atom. The fourth-order valence-electron chi connectivity index (χ4n) is 1.23. The number of rotatable bonds is 4. The number of anilines is 1. The molecular formula is C12H15F3N2OS. The highest BCUT2D eigenvalue weighted by Gasteiger charge is 2.29. The Bertz CT molecular complexity index is 432.